The van der Waals surface area contributed by atoms with E-state index in [0.717, 1.165) is 10.9 Å². The molecular formula is C15H19N3O3. The number of rotatable bonds is 6. The van der Waals surface area contributed by atoms with Crippen molar-refractivity contribution in [1.82, 2.24) is 15.6 Å². The number of carbonyl (C=O) groups is 2. The lowest BCUT2D eigenvalue weighted by atomic mass is 10.1. The maximum atomic E-state index is 12.1. The molecule has 0 aliphatic rings. The molecule has 0 bridgehead atoms. The summed E-state index contributed by atoms with van der Waals surface area (Å²) < 4.78 is 4.85. The Morgan fingerprint density at radius 1 is 1.33 bits per heavy atom. The predicted octanol–water partition coefficient (Wildman–Crippen LogP) is 1.05. The lowest BCUT2D eigenvalue weighted by Crippen LogP contribution is -2.45. The first-order chi connectivity index (χ1) is 10.1. The fourth-order valence-electron chi connectivity index (χ4n) is 1.97. The number of hydrogen-bond acceptors (Lipinski definition) is 3. The van der Waals surface area contributed by atoms with Crippen LogP contribution in [0.15, 0.2) is 30.5 Å². The molecule has 21 heavy (non-hydrogen) atoms. The maximum absolute atomic E-state index is 12.1. The molecule has 1 atom stereocenters. The molecule has 6 nitrogen and oxygen atoms in total. The van der Waals surface area contributed by atoms with Gasteiger partial charge in [-0.3, -0.25) is 9.59 Å². The molecular weight excluding hydrogens is 270 g/mol. The highest BCUT2D eigenvalue weighted by Crippen LogP contribution is 2.14. The Kier molecular flexibility index (Phi) is 4.94. The number of carbonyl (C=O) groups excluding carboxylic acids is 2. The Morgan fingerprint density at radius 3 is 2.90 bits per heavy atom. The molecule has 0 saturated carbocycles. The van der Waals surface area contributed by atoms with Crippen LogP contribution in [0.4, 0.5) is 0 Å². The molecule has 0 spiro atoms. The number of aromatic amines is 1. The van der Waals surface area contributed by atoms with Crippen molar-refractivity contribution < 1.29 is 14.3 Å². The third-order valence-corrected chi connectivity index (χ3v) is 3.16. The van der Waals surface area contributed by atoms with Crippen molar-refractivity contribution in [1.29, 1.82) is 0 Å². The Labute approximate surface area is 122 Å². The van der Waals surface area contributed by atoms with E-state index in [4.69, 9.17) is 4.74 Å². The van der Waals surface area contributed by atoms with Crippen molar-refractivity contribution >= 4 is 22.7 Å². The van der Waals surface area contributed by atoms with Crippen molar-refractivity contribution in [3.8, 4) is 0 Å². The third kappa shape index (κ3) is 3.82. The molecule has 6 heteroatoms. The molecule has 1 unspecified atom stereocenters. The lowest BCUT2D eigenvalue weighted by molar-refractivity contribution is -0.122. The van der Waals surface area contributed by atoms with Gasteiger partial charge in [-0.1, -0.05) is 0 Å². The van der Waals surface area contributed by atoms with Crippen molar-refractivity contribution in [3.63, 3.8) is 0 Å². The van der Waals surface area contributed by atoms with Crippen LogP contribution in [0.5, 0.6) is 0 Å². The smallest absolute Gasteiger partial charge is 0.251 e. The molecule has 1 aromatic heterocycles. The van der Waals surface area contributed by atoms with Crippen LogP contribution in [0.1, 0.15) is 17.3 Å². The number of hydrogen-bond donors (Lipinski definition) is 3. The summed E-state index contributed by atoms with van der Waals surface area (Å²) in [5.74, 6) is -0.504. The Morgan fingerprint density at radius 2 is 2.14 bits per heavy atom. The van der Waals surface area contributed by atoms with E-state index in [9.17, 15) is 9.59 Å². The minimum Gasteiger partial charge on any atom is -0.383 e. The molecule has 0 aliphatic heterocycles. The van der Waals surface area contributed by atoms with Gasteiger partial charge in [0.25, 0.3) is 5.91 Å². The molecule has 0 fully saturated rings. The molecule has 1 heterocycles. The fraction of sp³-hybridized carbons (Fsp3) is 0.333. The average molecular weight is 289 g/mol. The Hall–Kier alpha value is -2.34. The van der Waals surface area contributed by atoms with E-state index < -0.39 is 6.04 Å². The summed E-state index contributed by atoms with van der Waals surface area (Å²) in [5.41, 5.74) is 1.50. The number of aromatic nitrogens is 1. The standard InChI is InChI=1S/C15H19N3O3/c1-10(14(19)17-7-8-21-2)18-15(20)12-3-4-13-11(9-12)5-6-16-13/h3-6,9-10,16H,7-8H2,1-2H3,(H,17,19)(H,18,20). The van der Waals surface area contributed by atoms with Gasteiger partial charge in [0, 0.05) is 36.3 Å². The van der Waals surface area contributed by atoms with Crippen LogP contribution in [0.3, 0.4) is 0 Å². The summed E-state index contributed by atoms with van der Waals surface area (Å²) in [6.45, 7) is 2.51. The number of nitrogens with one attached hydrogen (secondary N) is 3. The number of fused-ring (bicyclic) bond motifs is 1. The second kappa shape index (κ2) is 6.90. The van der Waals surface area contributed by atoms with Crippen LogP contribution in [0, 0.1) is 0 Å². The second-order valence-electron chi connectivity index (χ2n) is 4.76. The van der Waals surface area contributed by atoms with E-state index >= 15 is 0 Å². The van der Waals surface area contributed by atoms with Crippen molar-refractivity contribution in [2.75, 3.05) is 20.3 Å². The van der Waals surface area contributed by atoms with Gasteiger partial charge >= 0.3 is 0 Å². The number of benzene rings is 1. The zero-order chi connectivity index (χ0) is 15.2. The fourth-order valence-corrected chi connectivity index (χ4v) is 1.97. The third-order valence-electron chi connectivity index (χ3n) is 3.16. The first-order valence-corrected chi connectivity index (χ1v) is 6.76. The molecule has 112 valence electrons. The van der Waals surface area contributed by atoms with Crippen LogP contribution in [-0.4, -0.2) is 43.1 Å². The van der Waals surface area contributed by atoms with E-state index in [-0.39, 0.29) is 11.8 Å². The van der Waals surface area contributed by atoms with Gasteiger partial charge in [-0.2, -0.15) is 0 Å². The number of H-pyrrole nitrogens is 1. The summed E-state index contributed by atoms with van der Waals surface area (Å²) in [5, 5.41) is 6.32. The molecule has 0 saturated heterocycles. The average Bonchev–Trinajstić information content (AvgIpc) is 2.94. The number of amides is 2. The van der Waals surface area contributed by atoms with E-state index in [0.29, 0.717) is 18.7 Å². The highest BCUT2D eigenvalue weighted by molar-refractivity contribution is 6.00. The molecule has 2 amide bonds. The summed E-state index contributed by atoms with van der Waals surface area (Å²) in [7, 11) is 1.56. The topological polar surface area (TPSA) is 83.2 Å². The number of ether oxygens (including phenoxy) is 1. The van der Waals surface area contributed by atoms with Crippen LogP contribution in [0.25, 0.3) is 10.9 Å². The maximum Gasteiger partial charge on any atom is 0.251 e. The highest BCUT2D eigenvalue weighted by Gasteiger charge is 2.16. The predicted molar refractivity (Wildman–Crippen MR) is 80.1 cm³/mol. The lowest BCUT2D eigenvalue weighted by Gasteiger charge is -2.14. The minimum atomic E-state index is -0.601. The van der Waals surface area contributed by atoms with Gasteiger partial charge in [0.05, 0.1) is 6.61 Å². The minimum absolute atomic E-state index is 0.233. The van der Waals surface area contributed by atoms with E-state index in [1.54, 1.807) is 26.2 Å². The molecule has 2 rings (SSSR count). The van der Waals surface area contributed by atoms with E-state index in [2.05, 4.69) is 15.6 Å². The van der Waals surface area contributed by atoms with Gasteiger partial charge in [0.2, 0.25) is 5.91 Å². The van der Waals surface area contributed by atoms with Crippen molar-refractivity contribution in [3.05, 3.63) is 36.0 Å². The molecule has 0 aliphatic carbocycles. The van der Waals surface area contributed by atoms with Gasteiger partial charge < -0.3 is 20.4 Å². The van der Waals surface area contributed by atoms with Gasteiger partial charge in [-0.15, -0.1) is 0 Å². The van der Waals surface area contributed by atoms with Crippen LogP contribution >= 0.6 is 0 Å². The molecule has 3 N–H and O–H groups in total. The zero-order valence-corrected chi connectivity index (χ0v) is 12.1. The van der Waals surface area contributed by atoms with Crippen LogP contribution in [-0.2, 0) is 9.53 Å². The van der Waals surface area contributed by atoms with Crippen molar-refractivity contribution in [2.24, 2.45) is 0 Å². The second-order valence-corrected chi connectivity index (χ2v) is 4.76. The van der Waals surface area contributed by atoms with E-state index in [1.165, 1.54) is 0 Å². The van der Waals surface area contributed by atoms with Crippen LogP contribution in [0.2, 0.25) is 0 Å². The number of methoxy groups -OCH3 is 1. The molecule has 1 aromatic carbocycles. The molecule has 0 radical (unpaired) electrons. The summed E-state index contributed by atoms with van der Waals surface area (Å²) in [6.07, 6.45) is 1.82. The first-order valence-electron chi connectivity index (χ1n) is 6.76. The van der Waals surface area contributed by atoms with Gasteiger partial charge in [-0.25, -0.2) is 0 Å². The van der Waals surface area contributed by atoms with Crippen molar-refractivity contribution in [2.45, 2.75) is 13.0 Å². The quantitative estimate of drug-likeness (QED) is 0.695. The largest absolute Gasteiger partial charge is 0.383 e. The SMILES string of the molecule is COCCNC(=O)C(C)NC(=O)c1ccc2[nH]ccc2c1. The highest BCUT2D eigenvalue weighted by atomic mass is 16.5. The van der Waals surface area contributed by atoms with Gasteiger partial charge in [0.1, 0.15) is 6.04 Å². The van der Waals surface area contributed by atoms with Gasteiger partial charge in [0.15, 0.2) is 0 Å². The summed E-state index contributed by atoms with van der Waals surface area (Å²) in [6, 6.07) is 6.65. The van der Waals surface area contributed by atoms with E-state index in [1.807, 2.05) is 18.3 Å². The monoisotopic (exact) mass is 289 g/mol. The Balaban J connectivity index is 1.95. The summed E-state index contributed by atoms with van der Waals surface area (Å²) in [4.78, 5) is 27.0. The first kappa shape index (κ1) is 15.1. The Bertz CT molecular complexity index is 636. The normalized spacial score (nSPS) is 12.1. The van der Waals surface area contributed by atoms with Gasteiger partial charge in [-0.05, 0) is 31.2 Å². The summed E-state index contributed by atoms with van der Waals surface area (Å²) >= 11 is 0. The zero-order valence-electron chi connectivity index (χ0n) is 12.1. The van der Waals surface area contributed by atoms with Crippen LogP contribution < -0.4 is 10.6 Å². The molecule has 2 aromatic rings.